The third-order valence-electron chi connectivity index (χ3n) is 5.07. The summed E-state index contributed by atoms with van der Waals surface area (Å²) in [7, 11) is 0. The number of fused-ring (bicyclic) bond motifs is 1. The van der Waals surface area contributed by atoms with Crippen LogP contribution in [0.5, 0.6) is 5.75 Å². The second-order valence-corrected chi connectivity index (χ2v) is 6.44. The molecule has 0 aromatic heterocycles. The topological polar surface area (TPSA) is 40.5 Å². The van der Waals surface area contributed by atoms with Gasteiger partial charge in [0.1, 0.15) is 0 Å². The van der Waals surface area contributed by atoms with Gasteiger partial charge in [-0.25, -0.2) is 4.39 Å². The number of phenols is 1. The molecule has 3 nitrogen and oxygen atoms in total. The maximum absolute atomic E-state index is 13.4. The third kappa shape index (κ3) is 2.76. The van der Waals surface area contributed by atoms with Crippen molar-refractivity contribution in [3.8, 4) is 5.75 Å². The summed E-state index contributed by atoms with van der Waals surface area (Å²) >= 11 is 0. The van der Waals surface area contributed by atoms with Crippen LogP contribution in [0.3, 0.4) is 0 Å². The molecule has 0 saturated heterocycles. The standard InChI is InChI=1S/C17H22FNO2/c1-2-11-3-5-12(6-4-11)9-19-10-13-7-15(18)16(20)8-14(13)17(19)21/h7-8,11-12,20H,2-6,9-10H2,1H3. The third-order valence-corrected chi connectivity index (χ3v) is 5.07. The van der Waals surface area contributed by atoms with E-state index in [9.17, 15) is 14.3 Å². The molecule has 1 aromatic rings. The molecule has 4 heteroatoms. The molecule has 1 saturated carbocycles. The Labute approximate surface area is 124 Å². The summed E-state index contributed by atoms with van der Waals surface area (Å²) in [4.78, 5) is 14.2. The molecule has 114 valence electrons. The molecule has 1 amide bonds. The molecule has 0 unspecified atom stereocenters. The molecular weight excluding hydrogens is 269 g/mol. The summed E-state index contributed by atoms with van der Waals surface area (Å²) in [5.41, 5.74) is 1.15. The van der Waals surface area contributed by atoms with Crippen molar-refractivity contribution in [2.45, 2.75) is 45.6 Å². The zero-order valence-electron chi connectivity index (χ0n) is 12.4. The number of nitrogens with zero attached hydrogens (tertiary/aromatic N) is 1. The fourth-order valence-electron chi connectivity index (χ4n) is 3.66. The highest BCUT2D eigenvalue weighted by molar-refractivity contribution is 5.98. The second-order valence-electron chi connectivity index (χ2n) is 6.44. The summed E-state index contributed by atoms with van der Waals surface area (Å²) in [5.74, 6) is 0.250. The monoisotopic (exact) mass is 291 g/mol. The lowest BCUT2D eigenvalue weighted by molar-refractivity contribution is 0.0729. The minimum atomic E-state index is -0.646. The molecule has 1 N–H and O–H groups in total. The van der Waals surface area contributed by atoms with Gasteiger partial charge in [-0.1, -0.05) is 26.2 Å². The van der Waals surface area contributed by atoms with E-state index in [1.165, 1.54) is 44.2 Å². The number of carbonyl (C=O) groups excluding carboxylic acids is 1. The van der Waals surface area contributed by atoms with E-state index in [1.807, 2.05) is 0 Å². The van der Waals surface area contributed by atoms with Crippen molar-refractivity contribution in [1.29, 1.82) is 0 Å². The number of aromatic hydroxyl groups is 1. The molecule has 1 aliphatic heterocycles. The van der Waals surface area contributed by atoms with Crippen LogP contribution >= 0.6 is 0 Å². The molecule has 1 heterocycles. The van der Waals surface area contributed by atoms with Gasteiger partial charge in [0.2, 0.25) is 0 Å². The highest BCUT2D eigenvalue weighted by Crippen LogP contribution is 2.34. The maximum Gasteiger partial charge on any atom is 0.254 e. The summed E-state index contributed by atoms with van der Waals surface area (Å²) in [5, 5.41) is 9.42. The van der Waals surface area contributed by atoms with Crippen LogP contribution in [0.4, 0.5) is 4.39 Å². The number of rotatable bonds is 3. The summed E-state index contributed by atoms with van der Waals surface area (Å²) in [6.07, 6.45) is 6.12. The van der Waals surface area contributed by atoms with Crippen LogP contribution in [0.1, 0.15) is 54.9 Å². The van der Waals surface area contributed by atoms with Crippen molar-refractivity contribution >= 4 is 5.91 Å². The van der Waals surface area contributed by atoms with E-state index in [2.05, 4.69) is 6.92 Å². The molecule has 0 spiro atoms. The lowest BCUT2D eigenvalue weighted by Gasteiger charge is -2.30. The van der Waals surface area contributed by atoms with Crippen LogP contribution in [-0.4, -0.2) is 22.5 Å². The Bertz CT molecular complexity index is 550. The first kappa shape index (κ1) is 14.4. The number of hydrogen-bond donors (Lipinski definition) is 1. The van der Waals surface area contributed by atoms with Crippen LogP contribution in [0.25, 0.3) is 0 Å². The fourth-order valence-corrected chi connectivity index (χ4v) is 3.66. The molecular formula is C17H22FNO2. The highest BCUT2D eigenvalue weighted by atomic mass is 19.1. The Hall–Kier alpha value is -1.58. The lowest BCUT2D eigenvalue weighted by atomic mass is 9.80. The predicted octanol–water partition coefficient (Wildman–Crippen LogP) is 3.70. The number of carbonyl (C=O) groups is 1. The quantitative estimate of drug-likeness (QED) is 0.922. The smallest absolute Gasteiger partial charge is 0.254 e. The van der Waals surface area contributed by atoms with Crippen molar-refractivity contribution in [3.05, 3.63) is 29.1 Å². The van der Waals surface area contributed by atoms with Crippen LogP contribution in [-0.2, 0) is 6.54 Å². The predicted molar refractivity (Wildman–Crippen MR) is 78.5 cm³/mol. The molecule has 0 bridgehead atoms. The number of benzene rings is 1. The fraction of sp³-hybridized carbons (Fsp3) is 0.588. The van der Waals surface area contributed by atoms with E-state index in [-0.39, 0.29) is 5.91 Å². The van der Waals surface area contributed by atoms with Gasteiger partial charge >= 0.3 is 0 Å². The number of hydrogen-bond acceptors (Lipinski definition) is 2. The first-order valence-corrected chi connectivity index (χ1v) is 7.89. The molecule has 2 aliphatic rings. The van der Waals surface area contributed by atoms with Crippen molar-refractivity contribution in [3.63, 3.8) is 0 Å². The molecule has 0 radical (unpaired) electrons. The minimum absolute atomic E-state index is 0.0714. The molecule has 21 heavy (non-hydrogen) atoms. The van der Waals surface area contributed by atoms with Gasteiger partial charge in [-0.2, -0.15) is 0 Å². The van der Waals surface area contributed by atoms with Gasteiger partial charge in [-0.15, -0.1) is 0 Å². The van der Waals surface area contributed by atoms with Gasteiger partial charge in [0, 0.05) is 18.7 Å². The first-order valence-electron chi connectivity index (χ1n) is 7.89. The average Bonchev–Trinajstić information content (AvgIpc) is 2.77. The van der Waals surface area contributed by atoms with E-state index in [0.29, 0.717) is 23.6 Å². The summed E-state index contributed by atoms with van der Waals surface area (Å²) in [6.45, 7) is 3.47. The Morgan fingerprint density at radius 3 is 2.57 bits per heavy atom. The molecule has 1 aromatic carbocycles. The molecule has 0 atom stereocenters. The first-order chi connectivity index (χ1) is 10.1. The highest BCUT2D eigenvalue weighted by Gasteiger charge is 2.31. The Kier molecular flexibility index (Phi) is 3.87. The molecule has 1 aliphatic carbocycles. The van der Waals surface area contributed by atoms with Crippen molar-refractivity contribution in [2.24, 2.45) is 11.8 Å². The zero-order valence-corrected chi connectivity index (χ0v) is 12.4. The van der Waals surface area contributed by atoms with E-state index in [1.54, 1.807) is 4.90 Å². The number of halogens is 1. The summed E-state index contributed by atoms with van der Waals surface area (Å²) in [6, 6.07) is 2.55. The zero-order chi connectivity index (χ0) is 15.0. The van der Waals surface area contributed by atoms with Crippen molar-refractivity contribution in [2.75, 3.05) is 6.54 Å². The van der Waals surface area contributed by atoms with Crippen LogP contribution in [0.15, 0.2) is 12.1 Å². The van der Waals surface area contributed by atoms with Gasteiger partial charge in [0.25, 0.3) is 5.91 Å². The van der Waals surface area contributed by atoms with Crippen molar-refractivity contribution < 1.29 is 14.3 Å². The van der Waals surface area contributed by atoms with Gasteiger partial charge in [0.05, 0.1) is 0 Å². The van der Waals surface area contributed by atoms with E-state index >= 15 is 0 Å². The second kappa shape index (κ2) is 5.66. The van der Waals surface area contributed by atoms with Crippen LogP contribution < -0.4 is 0 Å². The normalized spacial score (nSPS) is 25.2. The van der Waals surface area contributed by atoms with Crippen LogP contribution in [0, 0.1) is 17.7 Å². The molecule has 1 fully saturated rings. The van der Waals surface area contributed by atoms with Gasteiger partial charge < -0.3 is 10.0 Å². The Morgan fingerprint density at radius 2 is 1.90 bits per heavy atom. The number of amides is 1. The molecule has 3 rings (SSSR count). The summed E-state index contributed by atoms with van der Waals surface area (Å²) < 4.78 is 13.4. The maximum atomic E-state index is 13.4. The largest absolute Gasteiger partial charge is 0.505 e. The number of phenolic OH excluding ortho intramolecular Hbond substituents is 1. The van der Waals surface area contributed by atoms with Gasteiger partial charge in [0.15, 0.2) is 11.6 Å². The van der Waals surface area contributed by atoms with Gasteiger partial charge in [-0.05, 0) is 42.4 Å². The van der Waals surface area contributed by atoms with Crippen molar-refractivity contribution in [1.82, 2.24) is 4.90 Å². The van der Waals surface area contributed by atoms with E-state index < -0.39 is 11.6 Å². The lowest BCUT2D eigenvalue weighted by Crippen LogP contribution is -2.31. The Morgan fingerprint density at radius 1 is 1.24 bits per heavy atom. The van der Waals surface area contributed by atoms with E-state index in [4.69, 9.17) is 0 Å². The Balaban J connectivity index is 1.65. The van der Waals surface area contributed by atoms with Gasteiger partial charge in [-0.3, -0.25) is 4.79 Å². The van der Waals surface area contributed by atoms with E-state index in [0.717, 1.165) is 12.5 Å². The van der Waals surface area contributed by atoms with Crippen LogP contribution in [0.2, 0.25) is 0 Å². The minimum Gasteiger partial charge on any atom is -0.505 e. The SMILES string of the molecule is CCC1CCC(CN2Cc3cc(F)c(O)cc3C2=O)CC1. The average molecular weight is 291 g/mol.